The molecule has 4 nitrogen and oxygen atoms in total. The first-order valence-electron chi connectivity index (χ1n) is 8.12. The lowest BCUT2D eigenvalue weighted by atomic mass is 9.72. The van der Waals surface area contributed by atoms with E-state index in [1.807, 2.05) is 30.3 Å². The summed E-state index contributed by atoms with van der Waals surface area (Å²) in [5.74, 6) is 0.273. The fourth-order valence-electron chi connectivity index (χ4n) is 3.17. The van der Waals surface area contributed by atoms with Gasteiger partial charge in [0.25, 0.3) is 0 Å². The Morgan fingerprint density at radius 3 is 2.52 bits per heavy atom. The molecule has 1 saturated heterocycles. The van der Waals surface area contributed by atoms with Crippen LogP contribution in [0.3, 0.4) is 0 Å². The van der Waals surface area contributed by atoms with Crippen molar-refractivity contribution < 1.29 is 19.1 Å². The summed E-state index contributed by atoms with van der Waals surface area (Å²) in [7, 11) is 1.35. The van der Waals surface area contributed by atoms with Gasteiger partial charge in [-0.1, -0.05) is 30.3 Å². The molecule has 0 radical (unpaired) electrons. The summed E-state index contributed by atoms with van der Waals surface area (Å²) in [6.45, 7) is 8.25. The van der Waals surface area contributed by atoms with Crippen LogP contribution in [-0.4, -0.2) is 31.1 Å². The lowest BCUT2D eigenvalue weighted by Gasteiger charge is -2.32. The average molecular weight is 363 g/mol. The standard InChI is InChI=1S/C17H17ClO2.C3H6O2/c1-11(12-3-5-13(18)6-4-12)15-10-20-17(2)8-7-14(19)9-16(15)17;1-3(4)5-2/h3-8,15-16H,1,9-10H2,2H3;1-2H3. The summed E-state index contributed by atoms with van der Waals surface area (Å²) in [5, 5.41) is 0.713. The molecule has 3 atom stereocenters. The molecule has 0 N–H and O–H groups in total. The second-order valence-corrected chi connectivity index (χ2v) is 6.88. The van der Waals surface area contributed by atoms with Crippen molar-refractivity contribution in [1.82, 2.24) is 0 Å². The highest BCUT2D eigenvalue weighted by Crippen LogP contribution is 2.46. The number of allylic oxidation sites excluding steroid dienone is 1. The maximum atomic E-state index is 11.7. The van der Waals surface area contributed by atoms with E-state index in [0.717, 1.165) is 11.1 Å². The van der Waals surface area contributed by atoms with Gasteiger partial charge in [0, 0.05) is 30.2 Å². The number of ketones is 1. The zero-order valence-corrected chi connectivity index (χ0v) is 15.5. The number of carbonyl (C=O) groups excluding carboxylic acids is 2. The van der Waals surface area contributed by atoms with Crippen LogP contribution in [0.2, 0.25) is 5.02 Å². The van der Waals surface area contributed by atoms with Crippen molar-refractivity contribution in [3.8, 4) is 0 Å². The third kappa shape index (κ3) is 4.59. The fraction of sp³-hybridized carbons (Fsp3) is 0.400. The molecule has 0 saturated carbocycles. The van der Waals surface area contributed by atoms with Gasteiger partial charge in [-0.05, 0) is 42.3 Å². The number of halogens is 1. The van der Waals surface area contributed by atoms with Crippen LogP contribution >= 0.6 is 11.6 Å². The predicted molar refractivity (Wildman–Crippen MR) is 98.3 cm³/mol. The average Bonchev–Trinajstić information content (AvgIpc) is 2.92. The molecule has 0 spiro atoms. The smallest absolute Gasteiger partial charge is 0.302 e. The Hall–Kier alpha value is -1.91. The molecule has 1 aromatic carbocycles. The van der Waals surface area contributed by atoms with E-state index in [0.29, 0.717) is 18.1 Å². The Kier molecular flexibility index (Phi) is 6.20. The van der Waals surface area contributed by atoms with Gasteiger partial charge in [-0.25, -0.2) is 0 Å². The van der Waals surface area contributed by atoms with Crippen LogP contribution in [-0.2, 0) is 19.1 Å². The number of benzene rings is 1. The zero-order chi connectivity index (χ0) is 18.6. The minimum Gasteiger partial charge on any atom is -0.469 e. The van der Waals surface area contributed by atoms with Gasteiger partial charge in [-0.15, -0.1) is 0 Å². The molecule has 1 fully saturated rings. The van der Waals surface area contributed by atoms with Crippen LogP contribution in [0, 0.1) is 11.8 Å². The summed E-state index contributed by atoms with van der Waals surface area (Å²) in [6.07, 6.45) is 4.08. The maximum absolute atomic E-state index is 11.7. The fourth-order valence-corrected chi connectivity index (χ4v) is 3.30. The Morgan fingerprint density at radius 2 is 1.96 bits per heavy atom. The minimum atomic E-state index is -0.339. The van der Waals surface area contributed by atoms with Gasteiger partial charge in [0.1, 0.15) is 0 Å². The van der Waals surface area contributed by atoms with E-state index < -0.39 is 0 Å². The molecular weight excluding hydrogens is 340 g/mol. The van der Waals surface area contributed by atoms with Crippen LogP contribution < -0.4 is 0 Å². The van der Waals surface area contributed by atoms with Crippen LogP contribution in [0.1, 0.15) is 25.8 Å². The lowest BCUT2D eigenvalue weighted by molar-refractivity contribution is -0.137. The van der Waals surface area contributed by atoms with E-state index in [1.165, 1.54) is 14.0 Å². The zero-order valence-electron chi connectivity index (χ0n) is 14.8. The SMILES string of the molecule is C=C(c1ccc(Cl)cc1)C1COC2(C)C=CC(=O)CC12.COC(C)=O. The van der Waals surface area contributed by atoms with Crippen molar-refractivity contribution in [3.63, 3.8) is 0 Å². The number of hydrogen-bond acceptors (Lipinski definition) is 4. The quantitative estimate of drug-likeness (QED) is 0.744. The Morgan fingerprint density at radius 1 is 1.36 bits per heavy atom. The highest BCUT2D eigenvalue weighted by atomic mass is 35.5. The van der Waals surface area contributed by atoms with E-state index >= 15 is 0 Å². The van der Waals surface area contributed by atoms with Crippen LogP contribution in [0.25, 0.3) is 5.57 Å². The number of fused-ring (bicyclic) bond motifs is 1. The molecule has 0 bridgehead atoms. The summed E-state index contributed by atoms with van der Waals surface area (Å²) in [5.41, 5.74) is 1.75. The van der Waals surface area contributed by atoms with E-state index in [4.69, 9.17) is 16.3 Å². The van der Waals surface area contributed by atoms with Crippen molar-refractivity contribution in [1.29, 1.82) is 0 Å². The third-order valence-electron chi connectivity index (χ3n) is 4.77. The highest BCUT2D eigenvalue weighted by molar-refractivity contribution is 6.30. The predicted octanol–water partition coefficient (Wildman–Crippen LogP) is 4.08. The van der Waals surface area contributed by atoms with E-state index in [2.05, 4.69) is 18.2 Å². The van der Waals surface area contributed by atoms with Gasteiger partial charge in [0.05, 0.1) is 19.3 Å². The first kappa shape index (κ1) is 19.4. The minimum absolute atomic E-state index is 0.170. The molecule has 1 aromatic rings. The van der Waals surface area contributed by atoms with Crippen molar-refractivity contribution in [3.05, 3.63) is 53.6 Å². The topological polar surface area (TPSA) is 52.6 Å². The normalized spacial score (nSPS) is 27.1. The molecule has 1 aliphatic carbocycles. The molecule has 5 heteroatoms. The maximum Gasteiger partial charge on any atom is 0.302 e. The van der Waals surface area contributed by atoms with Crippen molar-refractivity contribution in [2.75, 3.05) is 13.7 Å². The molecule has 3 rings (SSSR count). The monoisotopic (exact) mass is 362 g/mol. The number of ether oxygens (including phenoxy) is 2. The molecule has 25 heavy (non-hydrogen) atoms. The first-order valence-corrected chi connectivity index (χ1v) is 8.50. The Balaban J connectivity index is 0.000000399. The largest absolute Gasteiger partial charge is 0.469 e. The summed E-state index contributed by atoms with van der Waals surface area (Å²) in [4.78, 5) is 21.3. The molecule has 3 unspecified atom stereocenters. The van der Waals surface area contributed by atoms with Crippen molar-refractivity contribution in [2.45, 2.75) is 25.9 Å². The van der Waals surface area contributed by atoms with Gasteiger partial charge in [-0.2, -0.15) is 0 Å². The van der Waals surface area contributed by atoms with E-state index in [-0.39, 0.29) is 29.2 Å². The van der Waals surface area contributed by atoms with Crippen LogP contribution in [0.5, 0.6) is 0 Å². The number of rotatable bonds is 2. The first-order chi connectivity index (χ1) is 11.8. The van der Waals surface area contributed by atoms with Gasteiger partial charge < -0.3 is 9.47 Å². The lowest BCUT2D eigenvalue weighted by Crippen LogP contribution is -2.36. The third-order valence-corrected chi connectivity index (χ3v) is 5.02. The van der Waals surface area contributed by atoms with Gasteiger partial charge >= 0.3 is 5.97 Å². The molecule has 1 aliphatic heterocycles. The second kappa shape index (κ2) is 7.98. The van der Waals surface area contributed by atoms with Crippen molar-refractivity contribution in [2.24, 2.45) is 11.8 Å². The van der Waals surface area contributed by atoms with Gasteiger partial charge in [0.2, 0.25) is 0 Å². The number of methoxy groups -OCH3 is 1. The highest BCUT2D eigenvalue weighted by Gasteiger charge is 2.48. The van der Waals surface area contributed by atoms with E-state index in [9.17, 15) is 9.59 Å². The molecule has 1 heterocycles. The molecule has 2 aliphatic rings. The molecular formula is C20H23ClO4. The number of hydrogen-bond donors (Lipinski definition) is 0. The molecule has 134 valence electrons. The van der Waals surface area contributed by atoms with Gasteiger partial charge in [-0.3, -0.25) is 9.59 Å². The van der Waals surface area contributed by atoms with Crippen LogP contribution in [0.4, 0.5) is 0 Å². The summed E-state index contributed by atoms with van der Waals surface area (Å²) in [6, 6.07) is 7.67. The summed E-state index contributed by atoms with van der Waals surface area (Å²) >= 11 is 5.92. The summed E-state index contributed by atoms with van der Waals surface area (Å²) < 4.78 is 10.1. The molecule has 0 aromatic heterocycles. The second-order valence-electron chi connectivity index (χ2n) is 6.44. The van der Waals surface area contributed by atoms with E-state index in [1.54, 1.807) is 6.08 Å². The Labute approximate surface area is 153 Å². The number of esters is 1. The Bertz CT molecular complexity index is 692. The number of carbonyl (C=O) groups is 2. The van der Waals surface area contributed by atoms with Crippen LogP contribution in [0.15, 0.2) is 43.0 Å². The van der Waals surface area contributed by atoms with Crippen molar-refractivity contribution >= 4 is 28.9 Å². The van der Waals surface area contributed by atoms with Gasteiger partial charge in [0.15, 0.2) is 5.78 Å². The molecule has 0 amide bonds.